The monoisotopic (exact) mass is 209 g/mol. The van der Waals surface area contributed by atoms with E-state index in [0.717, 1.165) is 5.69 Å². The molecule has 0 radical (unpaired) electrons. The van der Waals surface area contributed by atoms with Crippen LogP contribution in [0.5, 0.6) is 0 Å². The fraction of sp³-hybridized carbons (Fsp3) is 0.500. The van der Waals surface area contributed by atoms with Crippen LogP contribution in [0.15, 0.2) is 12.4 Å². The number of anilines is 1. The molecule has 82 valence electrons. The quantitative estimate of drug-likeness (QED) is 0.803. The molecule has 0 bridgehead atoms. The van der Waals surface area contributed by atoms with Crippen molar-refractivity contribution >= 4 is 11.7 Å². The molecule has 0 fully saturated rings. The fourth-order valence-corrected chi connectivity index (χ4v) is 1.25. The number of rotatable bonds is 4. The lowest BCUT2D eigenvalue weighted by Crippen LogP contribution is -2.35. The van der Waals surface area contributed by atoms with E-state index < -0.39 is 5.97 Å². The van der Waals surface area contributed by atoms with Gasteiger partial charge in [-0.2, -0.15) is 0 Å². The number of aromatic nitrogens is 2. The highest BCUT2D eigenvalue weighted by Crippen LogP contribution is 2.13. The number of hydrogen-bond acceptors (Lipinski definition) is 4. The number of hydrogen-bond donors (Lipinski definition) is 1. The zero-order valence-corrected chi connectivity index (χ0v) is 9.14. The third-order valence-corrected chi connectivity index (χ3v) is 2.03. The Bertz CT molecular complexity index is 335. The van der Waals surface area contributed by atoms with Crippen molar-refractivity contribution < 1.29 is 9.90 Å². The highest BCUT2D eigenvalue weighted by molar-refractivity contribution is 5.73. The zero-order valence-electron chi connectivity index (χ0n) is 9.14. The molecule has 0 saturated carbocycles. The lowest BCUT2D eigenvalue weighted by Gasteiger charge is -2.26. The number of carbonyl (C=O) groups is 1. The second-order valence-corrected chi connectivity index (χ2v) is 3.60. The second-order valence-electron chi connectivity index (χ2n) is 3.60. The van der Waals surface area contributed by atoms with Gasteiger partial charge in [-0.05, 0) is 20.8 Å². The summed E-state index contributed by atoms with van der Waals surface area (Å²) in [4.78, 5) is 20.5. The van der Waals surface area contributed by atoms with Crippen LogP contribution in [0.3, 0.4) is 0 Å². The number of carboxylic acids is 1. The van der Waals surface area contributed by atoms with E-state index in [9.17, 15) is 4.79 Å². The molecule has 1 heterocycles. The lowest BCUT2D eigenvalue weighted by atomic mass is 10.3. The van der Waals surface area contributed by atoms with Gasteiger partial charge in [0.05, 0.1) is 18.1 Å². The van der Waals surface area contributed by atoms with Crippen LogP contribution in [0.2, 0.25) is 0 Å². The first kappa shape index (κ1) is 11.4. The average Bonchev–Trinajstić information content (AvgIpc) is 2.15. The largest absolute Gasteiger partial charge is 0.480 e. The van der Waals surface area contributed by atoms with Crippen LogP contribution in [0, 0.1) is 6.92 Å². The van der Waals surface area contributed by atoms with Gasteiger partial charge < -0.3 is 10.0 Å². The maximum atomic E-state index is 10.7. The van der Waals surface area contributed by atoms with Crippen LogP contribution in [0.25, 0.3) is 0 Å². The molecule has 1 N–H and O–H groups in total. The summed E-state index contributed by atoms with van der Waals surface area (Å²) in [5.74, 6) is -0.179. The third-order valence-electron chi connectivity index (χ3n) is 2.03. The Morgan fingerprint density at radius 1 is 1.47 bits per heavy atom. The highest BCUT2D eigenvalue weighted by Gasteiger charge is 2.14. The van der Waals surface area contributed by atoms with Gasteiger partial charge in [0, 0.05) is 6.04 Å². The van der Waals surface area contributed by atoms with Crippen LogP contribution in [-0.2, 0) is 4.79 Å². The van der Waals surface area contributed by atoms with Gasteiger partial charge in [0.25, 0.3) is 0 Å². The zero-order chi connectivity index (χ0) is 11.4. The molecule has 0 spiro atoms. The van der Waals surface area contributed by atoms with E-state index in [2.05, 4.69) is 9.97 Å². The van der Waals surface area contributed by atoms with E-state index in [1.54, 1.807) is 24.2 Å². The first-order valence-electron chi connectivity index (χ1n) is 4.77. The Balaban J connectivity index is 2.88. The second kappa shape index (κ2) is 4.72. The molecule has 0 aliphatic carbocycles. The molecule has 0 aliphatic heterocycles. The summed E-state index contributed by atoms with van der Waals surface area (Å²) in [5, 5.41) is 8.77. The van der Waals surface area contributed by atoms with Crippen molar-refractivity contribution in [3.63, 3.8) is 0 Å². The van der Waals surface area contributed by atoms with Crippen molar-refractivity contribution in [1.82, 2.24) is 9.97 Å². The summed E-state index contributed by atoms with van der Waals surface area (Å²) in [6.07, 6.45) is 3.29. The van der Waals surface area contributed by atoms with Crippen LogP contribution >= 0.6 is 0 Å². The van der Waals surface area contributed by atoms with E-state index in [0.29, 0.717) is 5.82 Å². The summed E-state index contributed by atoms with van der Waals surface area (Å²) in [5.41, 5.74) is 0.734. The Labute approximate surface area is 88.8 Å². The SMILES string of the molecule is Cc1ncc(N(CC(=O)O)C(C)C)cn1. The molecule has 0 aromatic carbocycles. The minimum absolute atomic E-state index is 0.0376. The lowest BCUT2D eigenvalue weighted by molar-refractivity contribution is -0.135. The molecule has 5 heteroatoms. The van der Waals surface area contributed by atoms with E-state index in [1.165, 1.54) is 0 Å². The van der Waals surface area contributed by atoms with Gasteiger partial charge >= 0.3 is 5.97 Å². The normalized spacial score (nSPS) is 10.4. The van der Waals surface area contributed by atoms with Gasteiger partial charge in [0.2, 0.25) is 0 Å². The summed E-state index contributed by atoms with van der Waals surface area (Å²) >= 11 is 0. The Morgan fingerprint density at radius 3 is 2.40 bits per heavy atom. The molecule has 15 heavy (non-hydrogen) atoms. The highest BCUT2D eigenvalue weighted by atomic mass is 16.4. The number of nitrogens with zero attached hydrogens (tertiary/aromatic N) is 3. The Morgan fingerprint density at radius 2 is 2.00 bits per heavy atom. The van der Waals surface area contributed by atoms with E-state index >= 15 is 0 Å². The molecule has 0 saturated heterocycles. The first-order valence-corrected chi connectivity index (χ1v) is 4.77. The van der Waals surface area contributed by atoms with E-state index in [1.807, 2.05) is 13.8 Å². The molecular formula is C10H15N3O2. The van der Waals surface area contributed by atoms with Crippen molar-refractivity contribution in [1.29, 1.82) is 0 Å². The molecule has 0 atom stereocenters. The smallest absolute Gasteiger partial charge is 0.323 e. The van der Waals surface area contributed by atoms with Crippen molar-refractivity contribution in [2.75, 3.05) is 11.4 Å². The summed E-state index contributed by atoms with van der Waals surface area (Å²) < 4.78 is 0. The maximum Gasteiger partial charge on any atom is 0.323 e. The number of aryl methyl sites for hydroxylation is 1. The Kier molecular flexibility index (Phi) is 3.60. The van der Waals surface area contributed by atoms with Crippen LogP contribution in [0.4, 0.5) is 5.69 Å². The van der Waals surface area contributed by atoms with Crippen molar-refractivity contribution in [2.24, 2.45) is 0 Å². The number of aliphatic carboxylic acids is 1. The third kappa shape index (κ3) is 3.19. The summed E-state index contributed by atoms with van der Waals surface area (Å²) in [7, 11) is 0. The van der Waals surface area contributed by atoms with Crippen molar-refractivity contribution in [2.45, 2.75) is 26.8 Å². The molecule has 0 unspecified atom stereocenters. The van der Waals surface area contributed by atoms with Crippen molar-refractivity contribution in [3.8, 4) is 0 Å². The van der Waals surface area contributed by atoms with Gasteiger partial charge in [-0.25, -0.2) is 9.97 Å². The maximum absolute atomic E-state index is 10.7. The van der Waals surface area contributed by atoms with Gasteiger partial charge in [-0.3, -0.25) is 4.79 Å². The molecule has 1 aromatic heterocycles. The van der Waals surface area contributed by atoms with Crippen LogP contribution < -0.4 is 4.90 Å². The van der Waals surface area contributed by atoms with Crippen molar-refractivity contribution in [3.05, 3.63) is 18.2 Å². The molecule has 1 rings (SSSR count). The van der Waals surface area contributed by atoms with E-state index in [4.69, 9.17) is 5.11 Å². The molecule has 0 amide bonds. The van der Waals surface area contributed by atoms with E-state index in [-0.39, 0.29) is 12.6 Å². The average molecular weight is 209 g/mol. The summed E-state index contributed by atoms with van der Waals surface area (Å²) in [6, 6.07) is 0.104. The topological polar surface area (TPSA) is 66.3 Å². The Hall–Kier alpha value is -1.65. The van der Waals surface area contributed by atoms with Gasteiger partial charge in [0.15, 0.2) is 0 Å². The predicted molar refractivity (Wildman–Crippen MR) is 56.9 cm³/mol. The number of carboxylic acid groups (broad SMARTS) is 1. The first-order chi connectivity index (χ1) is 7.00. The standard InChI is InChI=1S/C10H15N3O2/c1-7(2)13(6-10(14)15)9-4-11-8(3)12-5-9/h4-5,7H,6H2,1-3H3,(H,14,15). The fourth-order valence-electron chi connectivity index (χ4n) is 1.25. The predicted octanol–water partition coefficient (Wildman–Crippen LogP) is 1.08. The van der Waals surface area contributed by atoms with Gasteiger partial charge in [-0.15, -0.1) is 0 Å². The molecule has 0 aliphatic rings. The minimum atomic E-state index is -0.857. The molecule has 1 aromatic rings. The van der Waals surface area contributed by atoms with Gasteiger partial charge in [-0.1, -0.05) is 0 Å². The van der Waals surface area contributed by atoms with Crippen LogP contribution in [0.1, 0.15) is 19.7 Å². The van der Waals surface area contributed by atoms with Crippen LogP contribution in [-0.4, -0.2) is 33.6 Å². The molecule has 5 nitrogen and oxygen atoms in total. The molecular weight excluding hydrogens is 194 g/mol. The minimum Gasteiger partial charge on any atom is -0.480 e. The summed E-state index contributed by atoms with van der Waals surface area (Å²) in [6.45, 7) is 5.62. The van der Waals surface area contributed by atoms with Gasteiger partial charge in [0.1, 0.15) is 12.4 Å².